The Hall–Kier alpha value is -0.390. The Kier molecular flexibility index (Phi) is 4.22. The number of benzene rings is 1. The largest absolute Gasteiger partial charge is 0.271 e. The number of aryl methyl sites for hydroxylation is 1. The van der Waals surface area contributed by atoms with E-state index in [1.54, 1.807) is 11.3 Å². The Balaban J connectivity index is 2.45. The molecule has 0 saturated heterocycles. The number of halogens is 2. The van der Waals surface area contributed by atoms with Crippen LogP contribution in [0.15, 0.2) is 34.1 Å². The highest BCUT2D eigenvalue weighted by Gasteiger charge is 2.16. The van der Waals surface area contributed by atoms with Crippen molar-refractivity contribution in [2.24, 2.45) is 5.84 Å². The van der Waals surface area contributed by atoms with Crippen molar-refractivity contribution in [3.05, 3.63) is 55.1 Å². The van der Waals surface area contributed by atoms with Crippen molar-refractivity contribution in [1.82, 2.24) is 5.43 Å². The molecular formula is C12H12BrClN2S. The summed E-state index contributed by atoms with van der Waals surface area (Å²) in [4.78, 5) is 1.26. The van der Waals surface area contributed by atoms with E-state index < -0.39 is 0 Å². The maximum absolute atomic E-state index is 6.21. The second-order valence-electron chi connectivity index (χ2n) is 3.76. The van der Waals surface area contributed by atoms with Crippen LogP contribution in [0.25, 0.3) is 0 Å². The number of hydrogen-bond acceptors (Lipinski definition) is 3. The van der Waals surface area contributed by atoms with Crippen LogP contribution in [-0.2, 0) is 0 Å². The van der Waals surface area contributed by atoms with Gasteiger partial charge in [0.25, 0.3) is 0 Å². The molecule has 0 radical (unpaired) electrons. The van der Waals surface area contributed by atoms with Gasteiger partial charge in [0, 0.05) is 14.4 Å². The van der Waals surface area contributed by atoms with Crippen molar-refractivity contribution in [3.8, 4) is 0 Å². The number of hydrazine groups is 1. The first-order chi connectivity index (χ1) is 8.11. The quantitative estimate of drug-likeness (QED) is 0.658. The molecule has 1 heterocycles. The van der Waals surface area contributed by atoms with Gasteiger partial charge in [-0.25, -0.2) is 5.43 Å². The zero-order chi connectivity index (χ0) is 12.4. The van der Waals surface area contributed by atoms with Gasteiger partial charge in [0.2, 0.25) is 0 Å². The molecule has 0 bridgehead atoms. The summed E-state index contributed by atoms with van der Waals surface area (Å²) >= 11 is 11.4. The Labute approximate surface area is 118 Å². The number of hydrogen-bond donors (Lipinski definition) is 2. The van der Waals surface area contributed by atoms with Gasteiger partial charge in [0.1, 0.15) is 0 Å². The van der Waals surface area contributed by atoms with Crippen LogP contribution in [0.5, 0.6) is 0 Å². The summed E-state index contributed by atoms with van der Waals surface area (Å²) in [5.41, 5.74) is 4.93. The van der Waals surface area contributed by atoms with Crippen molar-refractivity contribution in [2.75, 3.05) is 0 Å². The standard InChI is InChI=1S/C12H12BrClN2S/c1-7-4-8(6-17-7)12(16-15)10-5-9(13)2-3-11(10)14/h2-6,12,16H,15H2,1H3. The van der Waals surface area contributed by atoms with E-state index in [1.807, 2.05) is 18.2 Å². The molecule has 0 fully saturated rings. The lowest BCUT2D eigenvalue weighted by Crippen LogP contribution is -2.28. The first-order valence-corrected chi connectivity index (χ1v) is 7.13. The second-order valence-corrected chi connectivity index (χ2v) is 6.19. The monoisotopic (exact) mass is 330 g/mol. The fourth-order valence-electron chi connectivity index (χ4n) is 1.72. The highest BCUT2D eigenvalue weighted by molar-refractivity contribution is 9.10. The molecule has 0 aliphatic rings. The number of rotatable bonds is 3. The minimum absolute atomic E-state index is 0.0788. The van der Waals surface area contributed by atoms with Crippen molar-refractivity contribution in [1.29, 1.82) is 0 Å². The number of thiophene rings is 1. The second kappa shape index (κ2) is 5.50. The third-order valence-corrected chi connectivity index (χ3v) is 4.24. The average molecular weight is 332 g/mol. The van der Waals surface area contributed by atoms with Crippen LogP contribution >= 0.6 is 38.9 Å². The summed E-state index contributed by atoms with van der Waals surface area (Å²) < 4.78 is 0.990. The molecule has 0 saturated carbocycles. The third kappa shape index (κ3) is 2.89. The van der Waals surface area contributed by atoms with Crippen LogP contribution in [0.3, 0.4) is 0 Å². The summed E-state index contributed by atoms with van der Waals surface area (Å²) in [5, 5.41) is 2.80. The summed E-state index contributed by atoms with van der Waals surface area (Å²) in [6, 6.07) is 7.81. The van der Waals surface area contributed by atoms with Gasteiger partial charge in [-0.2, -0.15) is 0 Å². The summed E-state index contributed by atoms with van der Waals surface area (Å²) in [7, 11) is 0. The fourth-order valence-corrected chi connectivity index (χ4v) is 3.05. The molecule has 17 heavy (non-hydrogen) atoms. The topological polar surface area (TPSA) is 38.0 Å². The molecule has 90 valence electrons. The van der Waals surface area contributed by atoms with Crippen LogP contribution in [0, 0.1) is 6.92 Å². The highest BCUT2D eigenvalue weighted by atomic mass is 79.9. The van der Waals surface area contributed by atoms with Crippen molar-refractivity contribution >= 4 is 38.9 Å². The van der Waals surface area contributed by atoms with Gasteiger partial charge in [-0.1, -0.05) is 27.5 Å². The molecule has 1 unspecified atom stereocenters. The SMILES string of the molecule is Cc1cc(C(NN)c2cc(Br)ccc2Cl)cs1. The molecule has 0 spiro atoms. The van der Waals surface area contributed by atoms with Gasteiger partial charge in [-0.15, -0.1) is 11.3 Å². The minimum atomic E-state index is -0.0788. The Morgan fingerprint density at radius 1 is 1.41 bits per heavy atom. The summed E-state index contributed by atoms with van der Waals surface area (Å²) in [5.74, 6) is 5.65. The normalized spacial score (nSPS) is 12.7. The van der Waals surface area contributed by atoms with E-state index in [2.05, 4.69) is 39.7 Å². The van der Waals surface area contributed by atoms with E-state index in [1.165, 1.54) is 4.88 Å². The molecule has 0 amide bonds. The van der Waals surface area contributed by atoms with Crippen LogP contribution in [-0.4, -0.2) is 0 Å². The highest BCUT2D eigenvalue weighted by Crippen LogP contribution is 2.32. The van der Waals surface area contributed by atoms with E-state index in [9.17, 15) is 0 Å². The first-order valence-electron chi connectivity index (χ1n) is 5.08. The Bertz CT molecular complexity index is 527. The zero-order valence-corrected chi connectivity index (χ0v) is 12.4. The fraction of sp³-hybridized carbons (Fsp3) is 0.167. The molecule has 0 aliphatic carbocycles. The molecule has 0 aliphatic heterocycles. The lowest BCUT2D eigenvalue weighted by Gasteiger charge is -2.17. The maximum Gasteiger partial charge on any atom is 0.0733 e. The molecule has 2 rings (SSSR count). The Morgan fingerprint density at radius 2 is 2.18 bits per heavy atom. The minimum Gasteiger partial charge on any atom is -0.271 e. The van der Waals surface area contributed by atoms with Gasteiger partial charge in [0.05, 0.1) is 6.04 Å². The van der Waals surface area contributed by atoms with Gasteiger partial charge in [0.15, 0.2) is 0 Å². The van der Waals surface area contributed by atoms with Crippen LogP contribution in [0.2, 0.25) is 5.02 Å². The summed E-state index contributed by atoms with van der Waals surface area (Å²) in [6.07, 6.45) is 0. The predicted octanol–water partition coefficient (Wildman–Crippen LogP) is 4.03. The van der Waals surface area contributed by atoms with Crippen molar-refractivity contribution in [3.63, 3.8) is 0 Å². The predicted molar refractivity (Wildman–Crippen MR) is 77.4 cm³/mol. The van der Waals surface area contributed by atoms with E-state index in [4.69, 9.17) is 17.4 Å². The average Bonchev–Trinajstić information content (AvgIpc) is 2.71. The lowest BCUT2D eigenvalue weighted by atomic mass is 10.0. The maximum atomic E-state index is 6.21. The molecule has 2 nitrogen and oxygen atoms in total. The molecule has 5 heteroatoms. The van der Waals surface area contributed by atoms with E-state index in [0.717, 1.165) is 15.6 Å². The molecule has 1 aromatic carbocycles. The number of nitrogens with one attached hydrogen (secondary N) is 1. The van der Waals surface area contributed by atoms with Gasteiger partial charge in [-0.3, -0.25) is 5.84 Å². The summed E-state index contributed by atoms with van der Waals surface area (Å²) in [6.45, 7) is 2.07. The molecule has 3 N–H and O–H groups in total. The van der Waals surface area contributed by atoms with E-state index in [-0.39, 0.29) is 6.04 Å². The van der Waals surface area contributed by atoms with Gasteiger partial charge < -0.3 is 0 Å². The van der Waals surface area contributed by atoms with E-state index >= 15 is 0 Å². The molecule has 1 aromatic heterocycles. The first kappa shape index (κ1) is 13.1. The van der Waals surface area contributed by atoms with Crippen molar-refractivity contribution < 1.29 is 0 Å². The van der Waals surface area contributed by atoms with Crippen molar-refractivity contribution in [2.45, 2.75) is 13.0 Å². The van der Waals surface area contributed by atoms with Gasteiger partial charge >= 0.3 is 0 Å². The smallest absolute Gasteiger partial charge is 0.0733 e. The van der Waals surface area contributed by atoms with Crippen LogP contribution in [0.4, 0.5) is 0 Å². The van der Waals surface area contributed by atoms with E-state index in [0.29, 0.717) is 5.02 Å². The zero-order valence-electron chi connectivity index (χ0n) is 9.21. The third-order valence-electron chi connectivity index (χ3n) is 2.52. The number of nitrogens with two attached hydrogens (primary N) is 1. The molecular weight excluding hydrogens is 320 g/mol. The Morgan fingerprint density at radius 3 is 2.76 bits per heavy atom. The molecule has 2 aromatic rings. The molecule has 1 atom stereocenters. The van der Waals surface area contributed by atoms with Crippen LogP contribution < -0.4 is 11.3 Å². The van der Waals surface area contributed by atoms with Gasteiger partial charge in [-0.05, 0) is 47.7 Å². The lowest BCUT2D eigenvalue weighted by molar-refractivity contribution is 0.638. The van der Waals surface area contributed by atoms with Crippen LogP contribution in [0.1, 0.15) is 22.0 Å².